The maximum absolute atomic E-state index is 11.8. The number of likely N-dealkylation sites (tertiary alicyclic amines) is 1. The molecule has 1 fully saturated rings. The quantitative estimate of drug-likeness (QED) is 0.488. The van der Waals surface area contributed by atoms with Crippen LogP contribution >= 0.6 is 0 Å². The van der Waals surface area contributed by atoms with E-state index < -0.39 is 0 Å². The van der Waals surface area contributed by atoms with Crippen molar-refractivity contribution in [2.24, 2.45) is 11.8 Å². The highest BCUT2D eigenvalue weighted by atomic mass is 16.2. The molecule has 0 aromatic carbocycles. The lowest BCUT2D eigenvalue weighted by molar-refractivity contribution is -0.139. The minimum atomic E-state index is -0.305. The highest BCUT2D eigenvalue weighted by Gasteiger charge is 2.44. The molecule has 2 atom stereocenters. The van der Waals surface area contributed by atoms with Crippen LogP contribution in [-0.2, 0) is 9.59 Å². The first kappa shape index (κ1) is 9.72. The Morgan fingerprint density at radius 1 is 1.20 bits per heavy atom. The lowest BCUT2D eigenvalue weighted by atomic mass is 9.91. The zero-order chi connectivity index (χ0) is 10.8. The highest BCUT2D eigenvalue weighted by molar-refractivity contribution is 6.07. The van der Waals surface area contributed by atoms with Gasteiger partial charge in [0.1, 0.15) is 0 Å². The monoisotopic (exact) mass is 201 g/mol. The third-order valence-corrected chi connectivity index (χ3v) is 2.72. The van der Waals surface area contributed by atoms with Gasteiger partial charge in [0.05, 0.1) is 11.8 Å². The van der Waals surface area contributed by atoms with Crippen molar-refractivity contribution in [1.82, 2.24) is 4.90 Å². The van der Waals surface area contributed by atoms with Gasteiger partial charge in [0.2, 0.25) is 11.8 Å². The number of allylic oxidation sites excluding steroid dienone is 2. The normalized spacial score (nSPS) is 28.1. The van der Waals surface area contributed by atoms with Crippen LogP contribution in [0.3, 0.4) is 0 Å². The molecule has 2 unspecified atom stereocenters. The molecule has 1 heterocycles. The van der Waals surface area contributed by atoms with Crippen molar-refractivity contribution in [2.45, 2.75) is 6.42 Å². The Labute approximate surface area is 88.4 Å². The summed E-state index contributed by atoms with van der Waals surface area (Å²) >= 11 is 0. The van der Waals surface area contributed by atoms with E-state index in [0.717, 1.165) is 0 Å². The van der Waals surface area contributed by atoms with Crippen LogP contribution in [0.5, 0.6) is 0 Å². The first-order chi connectivity index (χ1) is 7.25. The van der Waals surface area contributed by atoms with Gasteiger partial charge in [0, 0.05) is 13.0 Å². The molecule has 0 N–H and O–H groups in total. The van der Waals surface area contributed by atoms with Crippen molar-refractivity contribution in [3.05, 3.63) is 24.3 Å². The molecule has 0 bridgehead atoms. The van der Waals surface area contributed by atoms with Crippen LogP contribution < -0.4 is 0 Å². The molecule has 0 spiro atoms. The van der Waals surface area contributed by atoms with Crippen molar-refractivity contribution in [3.63, 3.8) is 0 Å². The number of carbonyl (C=O) groups excluding carboxylic acids is 2. The van der Waals surface area contributed by atoms with E-state index in [9.17, 15) is 9.59 Å². The maximum atomic E-state index is 11.8. The molecule has 0 aromatic heterocycles. The van der Waals surface area contributed by atoms with Gasteiger partial charge in [-0.05, 0) is 0 Å². The molecule has 0 saturated carbocycles. The number of hydrogen-bond donors (Lipinski definition) is 0. The van der Waals surface area contributed by atoms with Crippen molar-refractivity contribution < 1.29 is 9.59 Å². The third-order valence-electron chi connectivity index (χ3n) is 2.72. The molecule has 3 nitrogen and oxygen atoms in total. The predicted molar refractivity (Wildman–Crippen MR) is 55.4 cm³/mol. The summed E-state index contributed by atoms with van der Waals surface area (Å²) in [5.74, 6) is 1.58. The van der Waals surface area contributed by atoms with Crippen molar-refractivity contribution in [1.29, 1.82) is 0 Å². The summed E-state index contributed by atoms with van der Waals surface area (Å²) in [6.45, 7) is 0.336. The van der Waals surface area contributed by atoms with Gasteiger partial charge in [0.15, 0.2) is 0 Å². The zero-order valence-corrected chi connectivity index (χ0v) is 8.22. The van der Waals surface area contributed by atoms with Crippen LogP contribution in [0.4, 0.5) is 0 Å². The Morgan fingerprint density at radius 2 is 1.73 bits per heavy atom. The van der Waals surface area contributed by atoms with Crippen molar-refractivity contribution >= 4 is 11.8 Å². The van der Waals surface area contributed by atoms with Crippen LogP contribution in [0.1, 0.15) is 6.42 Å². The number of hydrogen-bond acceptors (Lipinski definition) is 2. The van der Waals surface area contributed by atoms with Crippen LogP contribution in [0, 0.1) is 24.2 Å². The summed E-state index contributed by atoms with van der Waals surface area (Å²) in [6, 6.07) is 0. The lowest BCUT2D eigenvalue weighted by Gasteiger charge is -2.11. The van der Waals surface area contributed by atoms with Gasteiger partial charge in [-0.15, -0.1) is 12.3 Å². The fraction of sp³-hybridized carbons (Fsp3) is 0.333. The molecule has 2 amide bonds. The number of rotatable bonds is 2. The summed E-state index contributed by atoms with van der Waals surface area (Å²) in [5, 5.41) is 0. The average Bonchev–Trinajstić information content (AvgIpc) is 2.51. The van der Waals surface area contributed by atoms with Gasteiger partial charge in [-0.1, -0.05) is 24.3 Å². The Kier molecular flexibility index (Phi) is 2.42. The molecule has 2 rings (SSSR count). The predicted octanol–water partition coefficient (Wildman–Crippen LogP) is 0.737. The van der Waals surface area contributed by atoms with E-state index >= 15 is 0 Å². The number of terminal acetylenes is 1. The second kappa shape index (κ2) is 3.74. The Morgan fingerprint density at radius 3 is 2.20 bits per heavy atom. The van der Waals surface area contributed by atoms with Gasteiger partial charge in [-0.2, -0.15) is 0 Å². The highest BCUT2D eigenvalue weighted by Crippen LogP contribution is 2.30. The van der Waals surface area contributed by atoms with E-state index in [1.165, 1.54) is 4.90 Å². The molecule has 2 aliphatic rings. The standard InChI is InChI=1S/C12H11NO2/c1-2-3-8-13-11(14)9-6-4-5-7-10(9)12(13)15/h1,4-7,9-10H,3,8H2. The van der Waals surface area contributed by atoms with Crippen molar-refractivity contribution in [2.75, 3.05) is 6.54 Å². The van der Waals surface area contributed by atoms with Crippen LogP contribution in [0.2, 0.25) is 0 Å². The molecule has 0 aromatic rings. The number of imide groups is 1. The molecule has 1 aliphatic heterocycles. The van der Waals surface area contributed by atoms with Crippen LogP contribution in [0.15, 0.2) is 24.3 Å². The number of carbonyl (C=O) groups is 2. The maximum Gasteiger partial charge on any atom is 0.237 e. The largest absolute Gasteiger partial charge is 0.281 e. The van der Waals surface area contributed by atoms with Gasteiger partial charge in [0.25, 0.3) is 0 Å². The molecule has 3 heteroatoms. The van der Waals surface area contributed by atoms with Gasteiger partial charge in [-0.3, -0.25) is 14.5 Å². The van der Waals surface area contributed by atoms with E-state index in [0.29, 0.717) is 13.0 Å². The fourth-order valence-corrected chi connectivity index (χ4v) is 1.94. The summed E-state index contributed by atoms with van der Waals surface area (Å²) in [7, 11) is 0. The lowest BCUT2D eigenvalue weighted by Crippen LogP contribution is -2.31. The zero-order valence-electron chi connectivity index (χ0n) is 8.22. The average molecular weight is 201 g/mol. The first-order valence-corrected chi connectivity index (χ1v) is 4.89. The summed E-state index contributed by atoms with van der Waals surface area (Å²) in [5.41, 5.74) is 0. The summed E-state index contributed by atoms with van der Waals surface area (Å²) in [4.78, 5) is 24.9. The van der Waals surface area contributed by atoms with E-state index in [-0.39, 0.29) is 23.7 Å². The van der Waals surface area contributed by atoms with E-state index in [2.05, 4.69) is 5.92 Å². The smallest absolute Gasteiger partial charge is 0.237 e. The van der Waals surface area contributed by atoms with Crippen molar-refractivity contribution in [3.8, 4) is 12.3 Å². The van der Waals surface area contributed by atoms with E-state index in [1.54, 1.807) is 24.3 Å². The molecular formula is C12H11NO2. The molecule has 15 heavy (non-hydrogen) atoms. The van der Waals surface area contributed by atoms with Gasteiger partial charge >= 0.3 is 0 Å². The Balaban J connectivity index is 2.20. The SMILES string of the molecule is C#CCCN1C(=O)C2C=CC=CC2C1=O. The third kappa shape index (κ3) is 1.48. The molecule has 1 aliphatic carbocycles. The summed E-state index contributed by atoms with van der Waals surface area (Å²) < 4.78 is 0. The first-order valence-electron chi connectivity index (χ1n) is 4.89. The van der Waals surface area contributed by atoms with E-state index in [4.69, 9.17) is 6.42 Å². The fourth-order valence-electron chi connectivity index (χ4n) is 1.94. The van der Waals surface area contributed by atoms with Gasteiger partial charge < -0.3 is 0 Å². The molecule has 0 radical (unpaired) electrons. The number of nitrogens with zero attached hydrogens (tertiary/aromatic N) is 1. The van der Waals surface area contributed by atoms with Gasteiger partial charge in [-0.25, -0.2) is 0 Å². The molecular weight excluding hydrogens is 190 g/mol. The Hall–Kier alpha value is -1.82. The van der Waals surface area contributed by atoms with Crippen LogP contribution in [-0.4, -0.2) is 23.3 Å². The van der Waals surface area contributed by atoms with Crippen LogP contribution in [0.25, 0.3) is 0 Å². The topological polar surface area (TPSA) is 37.4 Å². The second-order valence-electron chi connectivity index (χ2n) is 3.60. The minimum Gasteiger partial charge on any atom is -0.281 e. The second-order valence-corrected chi connectivity index (χ2v) is 3.60. The molecule has 76 valence electrons. The Bertz CT molecular complexity index is 370. The minimum absolute atomic E-state index is 0.124. The van der Waals surface area contributed by atoms with E-state index in [1.807, 2.05) is 0 Å². The number of amides is 2. The number of fused-ring (bicyclic) bond motifs is 1. The summed E-state index contributed by atoms with van der Waals surface area (Å²) in [6.07, 6.45) is 12.7. The molecule has 1 saturated heterocycles.